The van der Waals surface area contributed by atoms with Crippen molar-refractivity contribution in [2.24, 2.45) is 0 Å². The maximum Gasteiger partial charge on any atom is 0.446 e. The molecule has 1 aromatic heterocycles. The van der Waals surface area contributed by atoms with E-state index in [2.05, 4.69) is 10.4 Å². The van der Waals surface area contributed by atoms with Gasteiger partial charge in [-0.2, -0.15) is 13.2 Å². The third kappa shape index (κ3) is 4.61. The normalized spacial score (nSPS) is 11.6. The number of carbonyl (C=O) groups is 1. The fourth-order valence-electron chi connectivity index (χ4n) is 1.03. The van der Waals surface area contributed by atoms with E-state index >= 15 is 0 Å². The predicted molar refractivity (Wildman–Crippen MR) is 57.3 cm³/mol. The van der Waals surface area contributed by atoms with E-state index in [9.17, 15) is 18.0 Å². The lowest BCUT2D eigenvalue weighted by atomic mass is 10.3. The second-order valence-electron chi connectivity index (χ2n) is 3.25. The molecule has 4 nitrogen and oxygen atoms in total. The van der Waals surface area contributed by atoms with Gasteiger partial charge in [0.1, 0.15) is 0 Å². The molecule has 0 radical (unpaired) electrons. The highest BCUT2D eigenvalue weighted by Crippen LogP contribution is 2.38. The first kappa shape index (κ1) is 13.8. The third-order valence-electron chi connectivity index (χ3n) is 1.58. The number of aromatic nitrogens is 1. The predicted octanol–water partition coefficient (Wildman–Crippen LogP) is 1.90. The SMILES string of the molecule is CN(C)NC(=O)c1cnccc1SC(F)(F)F. The topological polar surface area (TPSA) is 45.2 Å². The molecule has 17 heavy (non-hydrogen) atoms. The Balaban J connectivity index is 2.95. The summed E-state index contributed by atoms with van der Waals surface area (Å²) in [7, 11) is 3.12. The number of amides is 1. The Bertz CT molecular complexity index is 409. The summed E-state index contributed by atoms with van der Waals surface area (Å²) in [5.74, 6) is -0.630. The number of pyridine rings is 1. The lowest BCUT2D eigenvalue weighted by molar-refractivity contribution is -0.0328. The van der Waals surface area contributed by atoms with E-state index in [4.69, 9.17) is 0 Å². The van der Waals surface area contributed by atoms with Crippen molar-refractivity contribution in [3.8, 4) is 0 Å². The highest BCUT2D eigenvalue weighted by molar-refractivity contribution is 8.00. The average Bonchev–Trinajstić information content (AvgIpc) is 2.14. The minimum Gasteiger partial charge on any atom is -0.285 e. The molecule has 1 aromatic rings. The van der Waals surface area contributed by atoms with E-state index in [1.807, 2.05) is 0 Å². The number of hydrogen-bond acceptors (Lipinski definition) is 4. The van der Waals surface area contributed by atoms with E-state index in [1.165, 1.54) is 11.2 Å². The second-order valence-corrected chi connectivity index (χ2v) is 4.36. The molecule has 0 aromatic carbocycles. The molecule has 0 saturated heterocycles. The highest BCUT2D eigenvalue weighted by atomic mass is 32.2. The van der Waals surface area contributed by atoms with Crippen LogP contribution in [0.2, 0.25) is 0 Å². The van der Waals surface area contributed by atoms with Crippen LogP contribution in [0.4, 0.5) is 13.2 Å². The molecule has 1 rings (SSSR count). The molecular formula is C9H10F3N3OS. The van der Waals surface area contributed by atoms with Crippen LogP contribution in [0.3, 0.4) is 0 Å². The fraction of sp³-hybridized carbons (Fsp3) is 0.333. The number of hydrazine groups is 1. The van der Waals surface area contributed by atoms with Crippen LogP contribution in [-0.4, -0.2) is 35.5 Å². The van der Waals surface area contributed by atoms with Gasteiger partial charge in [0.15, 0.2) is 0 Å². The number of hydrogen-bond donors (Lipinski definition) is 1. The summed E-state index contributed by atoms with van der Waals surface area (Å²) in [5, 5.41) is 1.34. The van der Waals surface area contributed by atoms with Crippen molar-refractivity contribution < 1.29 is 18.0 Å². The molecule has 1 heterocycles. The van der Waals surface area contributed by atoms with Crippen molar-refractivity contribution in [1.29, 1.82) is 0 Å². The van der Waals surface area contributed by atoms with Crippen LogP contribution in [0.1, 0.15) is 10.4 Å². The van der Waals surface area contributed by atoms with Crippen LogP contribution in [0.5, 0.6) is 0 Å². The number of alkyl halides is 3. The van der Waals surface area contributed by atoms with Gasteiger partial charge in [0.25, 0.3) is 5.91 Å². The van der Waals surface area contributed by atoms with Crippen LogP contribution in [-0.2, 0) is 0 Å². The maximum atomic E-state index is 12.2. The Hall–Kier alpha value is -1.28. The Morgan fingerprint density at radius 2 is 2.12 bits per heavy atom. The quantitative estimate of drug-likeness (QED) is 0.669. The molecule has 0 unspecified atom stereocenters. The smallest absolute Gasteiger partial charge is 0.285 e. The lowest BCUT2D eigenvalue weighted by Crippen LogP contribution is -2.36. The molecule has 0 fully saturated rings. The average molecular weight is 265 g/mol. The van der Waals surface area contributed by atoms with Crippen LogP contribution < -0.4 is 5.43 Å². The monoisotopic (exact) mass is 265 g/mol. The lowest BCUT2D eigenvalue weighted by Gasteiger charge is -2.14. The second kappa shape index (κ2) is 5.37. The Labute approximate surface area is 100 Å². The fourth-order valence-corrected chi connectivity index (χ4v) is 1.66. The van der Waals surface area contributed by atoms with Gasteiger partial charge in [0, 0.05) is 31.4 Å². The first-order valence-electron chi connectivity index (χ1n) is 4.47. The summed E-state index contributed by atoms with van der Waals surface area (Å²) >= 11 is -0.337. The van der Waals surface area contributed by atoms with Gasteiger partial charge in [-0.05, 0) is 17.8 Å². The van der Waals surface area contributed by atoms with Crippen molar-refractivity contribution in [2.45, 2.75) is 10.4 Å². The molecule has 8 heteroatoms. The van der Waals surface area contributed by atoms with Gasteiger partial charge in [-0.15, -0.1) is 0 Å². The molecule has 0 saturated carbocycles. The zero-order valence-corrected chi connectivity index (χ0v) is 9.89. The van der Waals surface area contributed by atoms with Crippen molar-refractivity contribution >= 4 is 17.7 Å². The summed E-state index contributed by atoms with van der Waals surface area (Å²) in [6.45, 7) is 0. The molecule has 0 aliphatic rings. The molecule has 0 aliphatic carbocycles. The van der Waals surface area contributed by atoms with Crippen LogP contribution in [0, 0.1) is 0 Å². The Kier molecular flexibility index (Phi) is 4.35. The first-order chi connectivity index (χ1) is 7.79. The number of nitrogens with zero attached hydrogens (tertiary/aromatic N) is 2. The zero-order chi connectivity index (χ0) is 13.1. The minimum atomic E-state index is -4.44. The summed E-state index contributed by atoms with van der Waals surface area (Å²) in [6.07, 6.45) is 2.31. The Morgan fingerprint density at radius 1 is 1.47 bits per heavy atom. The maximum absolute atomic E-state index is 12.2. The third-order valence-corrected chi connectivity index (χ3v) is 2.38. The van der Waals surface area contributed by atoms with Gasteiger partial charge in [-0.1, -0.05) is 0 Å². The highest BCUT2D eigenvalue weighted by Gasteiger charge is 2.31. The number of thioether (sulfide) groups is 1. The largest absolute Gasteiger partial charge is 0.446 e. The van der Waals surface area contributed by atoms with Crippen molar-refractivity contribution in [1.82, 2.24) is 15.4 Å². The summed E-state index contributed by atoms with van der Waals surface area (Å²) in [5.41, 5.74) is -2.18. The van der Waals surface area contributed by atoms with Crippen LogP contribution >= 0.6 is 11.8 Å². The molecular weight excluding hydrogens is 255 g/mol. The van der Waals surface area contributed by atoms with E-state index in [0.717, 1.165) is 12.3 Å². The summed E-state index contributed by atoms with van der Waals surface area (Å²) in [6, 6.07) is 1.16. The molecule has 0 aliphatic heterocycles. The van der Waals surface area contributed by atoms with Gasteiger partial charge in [-0.3, -0.25) is 15.2 Å². The molecule has 0 bridgehead atoms. The molecule has 94 valence electrons. The van der Waals surface area contributed by atoms with Crippen molar-refractivity contribution in [3.63, 3.8) is 0 Å². The van der Waals surface area contributed by atoms with Gasteiger partial charge < -0.3 is 0 Å². The van der Waals surface area contributed by atoms with Gasteiger partial charge in [0.2, 0.25) is 0 Å². The molecule has 1 amide bonds. The number of nitrogens with one attached hydrogen (secondary N) is 1. The van der Waals surface area contributed by atoms with Gasteiger partial charge in [0.05, 0.1) is 5.56 Å². The molecule has 0 atom stereocenters. The van der Waals surface area contributed by atoms with Crippen molar-refractivity contribution in [2.75, 3.05) is 14.1 Å². The number of rotatable bonds is 3. The van der Waals surface area contributed by atoms with Gasteiger partial charge in [-0.25, -0.2) is 5.01 Å². The van der Waals surface area contributed by atoms with Crippen LogP contribution in [0.25, 0.3) is 0 Å². The van der Waals surface area contributed by atoms with Crippen molar-refractivity contribution in [3.05, 3.63) is 24.0 Å². The van der Waals surface area contributed by atoms with E-state index < -0.39 is 11.4 Å². The first-order valence-corrected chi connectivity index (χ1v) is 5.29. The molecule has 0 spiro atoms. The van der Waals surface area contributed by atoms with E-state index in [-0.39, 0.29) is 22.2 Å². The van der Waals surface area contributed by atoms with Gasteiger partial charge >= 0.3 is 5.51 Å². The summed E-state index contributed by atoms with van der Waals surface area (Å²) in [4.78, 5) is 15.1. The van der Waals surface area contributed by atoms with E-state index in [1.54, 1.807) is 14.1 Å². The zero-order valence-electron chi connectivity index (χ0n) is 9.08. The minimum absolute atomic E-state index is 0.108. The number of halogens is 3. The van der Waals surface area contributed by atoms with Crippen LogP contribution in [0.15, 0.2) is 23.4 Å². The molecule has 1 N–H and O–H groups in total. The number of carbonyl (C=O) groups excluding carboxylic acids is 1. The standard InChI is InChI=1S/C9H10F3N3OS/c1-15(2)14-8(16)6-5-13-4-3-7(6)17-9(10,11)12/h3-5H,1-2H3,(H,14,16). The summed E-state index contributed by atoms with van der Waals surface area (Å²) < 4.78 is 36.7. The Morgan fingerprint density at radius 3 is 2.65 bits per heavy atom. The van der Waals surface area contributed by atoms with E-state index in [0.29, 0.717) is 0 Å².